The van der Waals surface area contributed by atoms with Crippen LogP contribution in [0.15, 0.2) is 42.5 Å². The van der Waals surface area contributed by atoms with Gasteiger partial charge in [-0.3, -0.25) is 4.79 Å². The molecule has 0 aliphatic carbocycles. The molecule has 0 saturated heterocycles. The highest BCUT2D eigenvalue weighted by atomic mass is 19.1. The number of para-hydroxylation sites is 1. The molecule has 0 fully saturated rings. The number of hydrogen-bond acceptors (Lipinski definition) is 4. The number of rotatable bonds is 8. The van der Waals surface area contributed by atoms with Gasteiger partial charge in [0.2, 0.25) is 0 Å². The van der Waals surface area contributed by atoms with Crippen molar-refractivity contribution in [2.45, 2.75) is 13.2 Å². The summed E-state index contributed by atoms with van der Waals surface area (Å²) in [5.41, 5.74) is 1.61. The molecule has 5 nitrogen and oxygen atoms in total. The summed E-state index contributed by atoms with van der Waals surface area (Å²) in [6.07, 6.45) is 0. The monoisotopic (exact) mass is 319 g/mol. The summed E-state index contributed by atoms with van der Waals surface area (Å²) in [5, 5.41) is 11.5. The Balaban J connectivity index is 2.10. The van der Waals surface area contributed by atoms with Crippen LogP contribution in [0.1, 0.15) is 11.1 Å². The van der Waals surface area contributed by atoms with Gasteiger partial charge in [0.15, 0.2) is 11.5 Å². The molecule has 0 aromatic heterocycles. The number of carbonyl (C=O) groups is 1. The normalized spacial score (nSPS) is 10.3. The first-order valence-electron chi connectivity index (χ1n) is 7.06. The largest absolute Gasteiger partial charge is 0.493 e. The molecular weight excluding hydrogens is 301 g/mol. The third-order valence-electron chi connectivity index (χ3n) is 3.17. The Hall–Kier alpha value is -2.60. The molecule has 0 heterocycles. The number of carboxylic acids is 1. The van der Waals surface area contributed by atoms with Crippen molar-refractivity contribution in [3.05, 3.63) is 59.4 Å². The number of ether oxygens (including phenoxy) is 2. The number of halogens is 1. The van der Waals surface area contributed by atoms with E-state index in [-0.39, 0.29) is 19.0 Å². The van der Waals surface area contributed by atoms with E-state index >= 15 is 0 Å². The number of aliphatic carboxylic acids is 1. The first-order valence-corrected chi connectivity index (χ1v) is 7.06. The summed E-state index contributed by atoms with van der Waals surface area (Å²) >= 11 is 0. The first kappa shape index (κ1) is 16.8. The highest BCUT2D eigenvalue weighted by Gasteiger charge is 2.11. The van der Waals surface area contributed by atoms with E-state index < -0.39 is 5.97 Å². The van der Waals surface area contributed by atoms with Crippen molar-refractivity contribution in [3.8, 4) is 11.5 Å². The average molecular weight is 319 g/mol. The predicted molar refractivity (Wildman–Crippen MR) is 83.1 cm³/mol. The third-order valence-corrected chi connectivity index (χ3v) is 3.17. The van der Waals surface area contributed by atoms with E-state index in [0.717, 1.165) is 11.1 Å². The molecule has 2 rings (SSSR count). The van der Waals surface area contributed by atoms with E-state index in [0.29, 0.717) is 18.0 Å². The molecule has 6 heteroatoms. The summed E-state index contributed by atoms with van der Waals surface area (Å²) in [7, 11) is 1.54. The lowest BCUT2D eigenvalue weighted by molar-refractivity contribution is -0.136. The minimum atomic E-state index is -0.929. The Kier molecular flexibility index (Phi) is 5.94. The van der Waals surface area contributed by atoms with Gasteiger partial charge in [-0.05, 0) is 23.8 Å². The molecule has 2 aromatic rings. The van der Waals surface area contributed by atoms with Crippen LogP contribution >= 0.6 is 0 Å². The topological polar surface area (TPSA) is 67.8 Å². The molecule has 0 amide bonds. The fourth-order valence-corrected chi connectivity index (χ4v) is 2.07. The van der Waals surface area contributed by atoms with Gasteiger partial charge < -0.3 is 19.9 Å². The van der Waals surface area contributed by atoms with Crippen LogP contribution in [0.5, 0.6) is 11.5 Å². The Labute approximate surface area is 133 Å². The van der Waals surface area contributed by atoms with Gasteiger partial charge in [-0.2, -0.15) is 0 Å². The molecule has 0 saturated carbocycles. The van der Waals surface area contributed by atoms with Gasteiger partial charge in [-0.25, -0.2) is 4.39 Å². The quantitative estimate of drug-likeness (QED) is 0.783. The van der Waals surface area contributed by atoms with E-state index in [1.165, 1.54) is 19.2 Å². The number of methoxy groups -OCH3 is 1. The summed E-state index contributed by atoms with van der Waals surface area (Å²) in [6.45, 7) is 0.448. The standard InChI is InChI=1S/C17H18FNO4/c1-22-15-4-2-3-13(9-19-10-16(20)21)17(15)23-11-12-5-7-14(18)8-6-12/h2-8,19H,9-11H2,1H3,(H,20,21). The van der Waals surface area contributed by atoms with Crippen molar-refractivity contribution in [3.63, 3.8) is 0 Å². The van der Waals surface area contributed by atoms with Crippen LogP contribution in [0, 0.1) is 5.82 Å². The molecule has 2 N–H and O–H groups in total. The second kappa shape index (κ2) is 8.14. The lowest BCUT2D eigenvalue weighted by Crippen LogP contribution is -2.22. The summed E-state index contributed by atoms with van der Waals surface area (Å²) < 4.78 is 24.0. The molecule has 2 aromatic carbocycles. The van der Waals surface area contributed by atoms with Crippen molar-refractivity contribution in [2.75, 3.05) is 13.7 Å². The zero-order valence-electron chi connectivity index (χ0n) is 12.7. The zero-order valence-corrected chi connectivity index (χ0v) is 12.7. The van der Waals surface area contributed by atoms with Gasteiger partial charge in [0.1, 0.15) is 12.4 Å². The Morgan fingerprint density at radius 2 is 1.96 bits per heavy atom. The van der Waals surface area contributed by atoms with Crippen LogP contribution in [0.4, 0.5) is 4.39 Å². The molecule has 0 atom stereocenters. The summed E-state index contributed by atoms with van der Waals surface area (Å²) in [6, 6.07) is 11.4. The molecule has 0 bridgehead atoms. The van der Waals surface area contributed by atoms with E-state index in [1.54, 1.807) is 24.3 Å². The van der Waals surface area contributed by atoms with Crippen LogP contribution in [-0.2, 0) is 17.9 Å². The number of hydrogen-bond donors (Lipinski definition) is 2. The van der Waals surface area contributed by atoms with Crippen LogP contribution in [-0.4, -0.2) is 24.7 Å². The van der Waals surface area contributed by atoms with Crippen LogP contribution in [0.2, 0.25) is 0 Å². The SMILES string of the molecule is COc1cccc(CNCC(=O)O)c1OCc1ccc(F)cc1. The molecule has 0 aliphatic heterocycles. The van der Waals surface area contributed by atoms with Gasteiger partial charge >= 0.3 is 5.97 Å². The van der Waals surface area contributed by atoms with Crippen LogP contribution < -0.4 is 14.8 Å². The maximum Gasteiger partial charge on any atom is 0.317 e. The van der Waals surface area contributed by atoms with Gasteiger partial charge in [-0.1, -0.05) is 24.3 Å². The van der Waals surface area contributed by atoms with E-state index in [1.807, 2.05) is 6.07 Å². The summed E-state index contributed by atoms with van der Waals surface area (Å²) in [5.74, 6) is -0.134. The van der Waals surface area contributed by atoms with E-state index in [9.17, 15) is 9.18 Å². The van der Waals surface area contributed by atoms with Crippen molar-refractivity contribution < 1.29 is 23.8 Å². The van der Waals surface area contributed by atoms with Crippen LogP contribution in [0.3, 0.4) is 0 Å². The fourth-order valence-electron chi connectivity index (χ4n) is 2.07. The van der Waals surface area contributed by atoms with Crippen molar-refractivity contribution in [1.82, 2.24) is 5.32 Å². The zero-order chi connectivity index (χ0) is 16.7. The van der Waals surface area contributed by atoms with Gasteiger partial charge in [0, 0.05) is 12.1 Å². The second-order valence-corrected chi connectivity index (χ2v) is 4.86. The molecule has 0 aliphatic rings. The van der Waals surface area contributed by atoms with Gasteiger partial charge in [0.05, 0.1) is 13.7 Å². The minimum absolute atomic E-state index is 0.144. The Morgan fingerprint density at radius 3 is 2.61 bits per heavy atom. The molecule has 23 heavy (non-hydrogen) atoms. The maximum absolute atomic E-state index is 12.9. The van der Waals surface area contributed by atoms with Crippen molar-refractivity contribution >= 4 is 5.97 Å². The number of carboxylic acid groups (broad SMARTS) is 1. The van der Waals surface area contributed by atoms with Crippen molar-refractivity contribution in [2.24, 2.45) is 0 Å². The average Bonchev–Trinajstić information content (AvgIpc) is 2.54. The number of benzene rings is 2. The molecular formula is C17H18FNO4. The van der Waals surface area contributed by atoms with Gasteiger partial charge in [0.25, 0.3) is 0 Å². The Morgan fingerprint density at radius 1 is 1.22 bits per heavy atom. The molecule has 122 valence electrons. The van der Waals surface area contributed by atoms with E-state index in [4.69, 9.17) is 14.6 Å². The maximum atomic E-state index is 12.9. The lowest BCUT2D eigenvalue weighted by atomic mass is 10.1. The van der Waals surface area contributed by atoms with Crippen molar-refractivity contribution in [1.29, 1.82) is 0 Å². The molecule has 0 radical (unpaired) electrons. The first-order chi connectivity index (χ1) is 11.1. The van der Waals surface area contributed by atoms with E-state index in [2.05, 4.69) is 5.32 Å². The smallest absolute Gasteiger partial charge is 0.317 e. The Bertz CT molecular complexity index is 658. The highest BCUT2D eigenvalue weighted by Crippen LogP contribution is 2.31. The summed E-state index contributed by atoms with van der Waals surface area (Å²) in [4.78, 5) is 10.6. The molecule has 0 spiro atoms. The predicted octanol–water partition coefficient (Wildman–Crippen LogP) is 2.59. The second-order valence-electron chi connectivity index (χ2n) is 4.86. The molecule has 0 unspecified atom stereocenters. The fraction of sp³-hybridized carbons (Fsp3) is 0.235. The van der Waals surface area contributed by atoms with Gasteiger partial charge in [-0.15, -0.1) is 0 Å². The highest BCUT2D eigenvalue weighted by molar-refractivity contribution is 5.69. The third kappa shape index (κ3) is 4.96. The minimum Gasteiger partial charge on any atom is -0.493 e. The number of nitrogens with one attached hydrogen (secondary N) is 1. The van der Waals surface area contributed by atoms with Crippen LogP contribution in [0.25, 0.3) is 0 Å². The lowest BCUT2D eigenvalue weighted by Gasteiger charge is -2.15.